The molecule has 0 aliphatic carbocycles. The van der Waals surface area contributed by atoms with E-state index in [1.807, 2.05) is 6.07 Å². The lowest BCUT2D eigenvalue weighted by Crippen LogP contribution is -2.16. The highest BCUT2D eigenvalue weighted by Crippen LogP contribution is 2.26. The van der Waals surface area contributed by atoms with E-state index in [4.69, 9.17) is 33.0 Å². The number of unbranched alkanes of at least 4 members (excludes halogenated alkanes) is 7. The van der Waals surface area contributed by atoms with Gasteiger partial charge in [-0.1, -0.05) is 75.1 Å². The Balaban J connectivity index is 2.27. The van der Waals surface area contributed by atoms with Gasteiger partial charge >= 0.3 is 0 Å². The lowest BCUT2D eigenvalue weighted by molar-refractivity contribution is 0.0811. The van der Waals surface area contributed by atoms with E-state index in [2.05, 4.69) is 12.2 Å². The monoisotopic (exact) mass is 389 g/mol. The van der Waals surface area contributed by atoms with Crippen LogP contribution in [0.5, 0.6) is 0 Å². The number of aliphatic hydroxyl groups excluding tert-OH is 1. The van der Waals surface area contributed by atoms with Crippen molar-refractivity contribution in [1.82, 2.24) is 5.32 Å². The first kappa shape index (κ1) is 22.7. The highest BCUT2D eigenvalue weighted by atomic mass is 35.5. The van der Waals surface area contributed by atoms with Crippen LogP contribution in [0.1, 0.15) is 69.4 Å². The molecular weight excluding hydrogens is 357 g/mol. The smallest absolute Gasteiger partial charge is 0.0722 e. The molecule has 0 aliphatic heterocycles. The summed E-state index contributed by atoms with van der Waals surface area (Å²) in [6, 6.07) is 3.66. The molecule has 0 radical (unpaired) electrons. The van der Waals surface area contributed by atoms with Gasteiger partial charge in [-0.3, -0.25) is 0 Å². The van der Waals surface area contributed by atoms with Crippen LogP contribution in [0.15, 0.2) is 12.1 Å². The van der Waals surface area contributed by atoms with Gasteiger partial charge in [0.05, 0.1) is 19.8 Å². The Labute approximate surface area is 163 Å². The summed E-state index contributed by atoms with van der Waals surface area (Å²) in [7, 11) is 0. The van der Waals surface area contributed by atoms with Crippen LogP contribution >= 0.6 is 23.2 Å². The number of nitrogens with one attached hydrogen (secondary N) is 1. The summed E-state index contributed by atoms with van der Waals surface area (Å²) >= 11 is 12.4. The molecule has 5 heteroatoms. The number of halogens is 2. The van der Waals surface area contributed by atoms with E-state index in [9.17, 15) is 0 Å². The number of benzene rings is 1. The standard InChI is InChI=1S/C20H33Cl2NO2/c1-2-3-4-5-6-7-8-9-10-23-15-19-17(16-25-12-11-24)13-18(21)14-20(19)22/h13-14,23-24H,2-12,15-16H2,1H3. The summed E-state index contributed by atoms with van der Waals surface area (Å²) in [6.45, 7) is 4.70. The SMILES string of the molecule is CCCCCCCCCCNCc1c(Cl)cc(Cl)cc1COCCO. The van der Waals surface area contributed by atoms with Crippen molar-refractivity contribution in [2.24, 2.45) is 0 Å². The van der Waals surface area contributed by atoms with Gasteiger partial charge in [-0.15, -0.1) is 0 Å². The van der Waals surface area contributed by atoms with Crippen LogP contribution in [0.4, 0.5) is 0 Å². The molecule has 0 unspecified atom stereocenters. The van der Waals surface area contributed by atoms with Crippen LogP contribution in [0.3, 0.4) is 0 Å². The second-order valence-corrected chi connectivity index (χ2v) is 7.30. The van der Waals surface area contributed by atoms with E-state index >= 15 is 0 Å². The number of aliphatic hydroxyl groups is 1. The molecule has 1 aromatic carbocycles. The van der Waals surface area contributed by atoms with E-state index in [0.29, 0.717) is 29.8 Å². The minimum absolute atomic E-state index is 0.0142. The average molecular weight is 390 g/mol. The van der Waals surface area contributed by atoms with Gasteiger partial charge in [0.15, 0.2) is 0 Å². The predicted molar refractivity (Wildman–Crippen MR) is 108 cm³/mol. The molecule has 0 aliphatic rings. The molecule has 0 bridgehead atoms. The molecule has 0 saturated carbocycles. The zero-order chi connectivity index (χ0) is 18.3. The number of rotatable bonds is 15. The van der Waals surface area contributed by atoms with Crippen molar-refractivity contribution in [3.63, 3.8) is 0 Å². The van der Waals surface area contributed by atoms with Crippen LogP contribution in [0.2, 0.25) is 10.0 Å². The Morgan fingerprint density at radius 3 is 2.36 bits per heavy atom. The zero-order valence-electron chi connectivity index (χ0n) is 15.5. The Kier molecular flexibility index (Phi) is 13.5. The van der Waals surface area contributed by atoms with Gasteiger partial charge in [-0.25, -0.2) is 0 Å². The molecule has 1 aromatic rings. The van der Waals surface area contributed by atoms with E-state index in [-0.39, 0.29) is 6.61 Å². The second kappa shape index (κ2) is 14.8. The second-order valence-electron chi connectivity index (χ2n) is 6.45. The Hall–Kier alpha value is -0.320. The molecule has 0 atom stereocenters. The summed E-state index contributed by atoms with van der Waals surface area (Å²) in [5.41, 5.74) is 2.01. The average Bonchev–Trinajstić information content (AvgIpc) is 2.58. The molecular formula is C20H33Cl2NO2. The molecule has 1 rings (SSSR count). The molecule has 25 heavy (non-hydrogen) atoms. The zero-order valence-corrected chi connectivity index (χ0v) is 17.0. The normalized spacial score (nSPS) is 11.2. The molecule has 0 amide bonds. The van der Waals surface area contributed by atoms with Crippen LogP contribution in [0.25, 0.3) is 0 Å². The van der Waals surface area contributed by atoms with Gasteiger partial charge in [0, 0.05) is 16.6 Å². The molecule has 2 N–H and O–H groups in total. The highest BCUT2D eigenvalue weighted by molar-refractivity contribution is 6.35. The Bertz CT molecular complexity index is 469. The third kappa shape index (κ3) is 10.4. The minimum atomic E-state index is 0.0142. The van der Waals surface area contributed by atoms with Crippen molar-refractivity contribution in [1.29, 1.82) is 0 Å². The molecule has 144 valence electrons. The number of hydrogen-bond acceptors (Lipinski definition) is 3. The van der Waals surface area contributed by atoms with Crippen molar-refractivity contribution in [2.75, 3.05) is 19.8 Å². The molecule has 0 aromatic heterocycles. The van der Waals surface area contributed by atoms with Crippen molar-refractivity contribution >= 4 is 23.2 Å². The van der Waals surface area contributed by atoms with E-state index < -0.39 is 0 Å². The summed E-state index contributed by atoms with van der Waals surface area (Å²) in [5.74, 6) is 0. The third-order valence-electron chi connectivity index (χ3n) is 4.25. The maximum absolute atomic E-state index is 8.84. The lowest BCUT2D eigenvalue weighted by Gasteiger charge is -2.14. The largest absolute Gasteiger partial charge is 0.394 e. The van der Waals surface area contributed by atoms with Crippen molar-refractivity contribution < 1.29 is 9.84 Å². The van der Waals surface area contributed by atoms with Gasteiger partial charge in [-0.2, -0.15) is 0 Å². The fourth-order valence-corrected chi connectivity index (χ4v) is 3.43. The third-order valence-corrected chi connectivity index (χ3v) is 4.81. The van der Waals surface area contributed by atoms with E-state index in [1.165, 1.54) is 51.4 Å². The topological polar surface area (TPSA) is 41.5 Å². The molecule has 0 heterocycles. The fraction of sp³-hybridized carbons (Fsp3) is 0.700. The maximum atomic E-state index is 8.84. The first-order valence-electron chi connectivity index (χ1n) is 9.55. The molecule has 3 nitrogen and oxygen atoms in total. The fourth-order valence-electron chi connectivity index (χ4n) is 2.83. The van der Waals surface area contributed by atoms with Gasteiger partial charge in [0.2, 0.25) is 0 Å². The van der Waals surface area contributed by atoms with Gasteiger partial charge < -0.3 is 15.2 Å². The highest BCUT2D eigenvalue weighted by Gasteiger charge is 2.09. The first-order chi connectivity index (χ1) is 12.2. The summed E-state index contributed by atoms with van der Waals surface area (Å²) in [4.78, 5) is 0. The van der Waals surface area contributed by atoms with Crippen molar-refractivity contribution in [3.05, 3.63) is 33.3 Å². The predicted octanol–water partition coefficient (Wildman–Crippen LogP) is 5.73. The Morgan fingerprint density at radius 1 is 1.00 bits per heavy atom. The number of ether oxygens (including phenoxy) is 1. The maximum Gasteiger partial charge on any atom is 0.0722 e. The van der Waals surface area contributed by atoms with Gasteiger partial charge in [-0.05, 0) is 36.2 Å². The molecule has 0 saturated heterocycles. The van der Waals surface area contributed by atoms with E-state index in [1.54, 1.807) is 6.07 Å². The summed E-state index contributed by atoms with van der Waals surface area (Å²) in [5, 5.41) is 13.6. The van der Waals surface area contributed by atoms with Crippen LogP contribution in [-0.4, -0.2) is 24.9 Å². The molecule has 0 spiro atoms. The van der Waals surface area contributed by atoms with Crippen molar-refractivity contribution in [2.45, 2.75) is 71.4 Å². The quantitative estimate of drug-likeness (QED) is 0.376. The van der Waals surface area contributed by atoms with Crippen molar-refractivity contribution in [3.8, 4) is 0 Å². The van der Waals surface area contributed by atoms with Gasteiger partial charge in [0.25, 0.3) is 0 Å². The summed E-state index contributed by atoms with van der Waals surface area (Å²) in [6.07, 6.45) is 10.6. The number of hydrogen-bond donors (Lipinski definition) is 2. The Morgan fingerprint density at radius 2 is 1.68 bits per heavy atom. The van der Waals surface area contributed by atoms with Crippen LogP contribution in [-0.2, 0) is 17.9 Å². The van der Waals surface area contributed by atoms with E-state index in [0.717, 1.165) is 17.7 Å². The minimum Gasteiger partial charge on any atom is -0.394 e. The first-order valence-corrected chi connectivity index (χ1v) is 10.3. The lowest BCUT2D eigenvalue weighted by atomic mass is 10.1. The van der Waals surface area contributed by atoms with Crippen LogP contribution < -0.4 is 5.32 Å². The summed E-state index contributed by atoms with van der Waals surface area (Å²) < 4.78 is 5.42. The van der Waals surface area contributed by atoms with Crippen LogP contribution in [0, 0.1) is 0 Å². The van der Waals surface area contributed by atoms with Gasteiger partial charge in [0.1, 0.15) is 0 Å². The molecule has 0 fully saturated rings.